The van der Waals surface area contributed by atoms with Gasteiger partial charge in [0.15, 0.2) is 11.5 Å². The fourth-order valence-electron chi connectivity index (χ4n) is 2.72. The number of furan rings is 3. The molecule has 0 spiro atoms. The number of allylic oxidation sites excluding steroid dienone is 1. The Morgan fingerprint density at radius 1 is 0.964 bits per heavy atom. The normalized spacial score (nSPS) is 11.8. The van der Waals surface area contributed by atoms with Crippen LogP contribution in [0.15, 0.2) is 90.4 Å². The molecule has 3 heterocycles. The number of hydrogen-bond donors (Lipinski definition) is 0. The van der Waals surface area contributed by atoms with E-state index in [0.29, 0.717) is 27.9 Å². The average molecular weight is 389 g/mol. The smallest absolute Gasteiger partial charge is 0.238 e. The zero-order valence-electron chi connectivity index (χ0n) is 14.5. The second-order valence-corrected chi connectivity index (χ2v) is 6.19. The Labute approximate surface area is 165 Å². The van der Waals surface area contributed by atoms with Crippen LogP contribution in [0, 0.1) is 11.3 Å². The summed E-state index contributed by atoms with van der Waals surface area (Å²) >= 11 is 6.26. The van der Waals surface area contributed by atoms with Crippen molar-refractivity contribution in [1.29, 1.82) is 5.26 Å². The largest absolute Gasteiger partial charge is 0.464 e. The molecule has 28 heavy (non-hydrogen) atoms. The molecule has 0 bridgehead atoms. The zero-order chi connectivity index (χ0) is 19.3. The van der Waals surface area contributed by atoms with Crippen molar-refractivity contribution in [3.8, 4) is 28.9 Å². The zero-order valence-corrected chi connectivity index (χ0v) is 15.3. The molecule has 0 saturated heterocycles. The minimum Gasteiger partial charge on any atom is -0.464 e. The van der Waals surface area contributed by atoms with Gasteiger partial charge in [-0.3, -0.25) is 0 Å². The van der Waals surface area contributed by atoms with Gasteiger partial charge in [0.2, 0.25) is 5.88 Å². The number of halogens is 1. The van der Waals surface area contributed by atoms with Crippen molar-refractivity contribution in [2.75, 3.05) is 0 Å². The summed E-state index contributed by atoms with van der Waals surface area (Å²) in [4.78, 5) is 4.28. The Kier molecular flexibility index (Phi) is 4.96. The van der Waals surface area contributed by atoms with Crippen LogP contribution in [0.4, 0.5) is 5.88 Å². The molecule has 1 aromatic carbocycles. The van der Waals surface area contributed by atoms with Gasteiger partial charge in [0.1, 0.15) is 17.4 Å². The fourth-order valence-corrected chi connectivity index (χ4v) is 2.89. The van der Waals surface area contributed by atoms with Gasteiger partial charge < -0.3 is 13.3 Å². The Hall–Kier alpha value is -3.75. The lowest BCUT2D eigenvalue weighted by Crippen LogP contribution is -1.80. The first-order valence-corrected chi connectivity index (χ1v) is 8.75. The van der Waals surface area contributed by atoms with Gasteiger partial charge in [0.25, 0.3) is 0 Å². The number of rotatable bonds is 5. The molecule has 0 fully saturated rings. The highest BCUT2D eigenvalue weighted by Gasteiger charge is 2.25. The summed E-state index contributed by atoms with van der Waals surface area (Å²) in [6.45, 7) is 0. The van der Waals surface area contributed by atoms with Crippen LogP contribution >= 0.6 is 11.6 Å². The quantitative estimate of drug-likeness (QED) is 0.358. The maximum atomic E-state index is 9.71. The third-order valence-electron chi connectivity index (χ3n) is 3.92. The van der Waals surface area contributed by atoms with Gasteiger partial charge >= 0.3 is 0 Å². The number of nitriles is 1. The van der Waals surface area contributed by atoms with Crippen LogP contribution in [0.2, 0.25) is 0 Å². The van der Waals surface area contributed by atoms with E-state index in [9.17, 15) is 5.26 Å². The lowest BCUT2D eigenvalue weighted by Gasteiger charge is -1.96. The van der Waals surface area contributed by atoms with Crippen LogP contribution in [0.1, 0.15) is 11.1 Å². The second-order valence-electron chi connectivity index (χ2n) is 5.75. The SMILES string of the molecule is N#Cc1c(/N=C/C(Cl)=C\c2ccccc2)oc(-c2ccco2)c1-c1ccco1. The summed E-state index contributed by atoms with van der Waals surface area (Å²) in [6, 6.07) is 18.7. The van der Waals surface area contributed by atoms with E-state index in [1.165, 1.54) is 18.7 Å². The van der Waals surface area contributed by atoms with Gasteiger partial charge in [-0.1, -0.05) is 41.9 Å². The maximum Gasteiger partial charge on any atom is 0.238 e. The first-order valence-electron chi connectivity index (χ1n) is 8.37. The molecule has 3 aromatic heterocycles. The summed E-state index contributed by atoms with van der Waals surface area (Å²) in [6.07, 6.45) is 6.25. The highest BCUT2D eigenvalue weighted by molar-refractivity contribution is 6.41. The highest BCUT2D eigenvalue weighted by atomic mass is 35.5. The Morgan fingerprint density at radius 3 is 2.32 bits per heavy atom. The molecule has 0 N–H and O–H groups in total. The first kappa shape index (κ1) is 17.7. The Balaban J connectivity index is 1.77. The standard InChI is InChI=1S/C22H13ClN2O3/c23-16(12-15-6-2-1-3-7-15)14-25-22-17(13-24)20(18-8-4-10-26-18)21(28-22)19-9-5-11-27-19/h1-12,14H/b16-12+,25-14+. The molecule has 0 aliphatic rings. The molecule has 0 saturated carbocycles. The van der Waals surface area contributed by atoms with E-state index in [1.807, 2.05) is 30.3 Å². The van der Waals surface area contributed by atoms with E-state index in [-0.39, 0.29) is 11.4 Å². The predicted octanol–water partition coefficient (Wildman–Crippen LogP) is 6.65. The van der Waals surface area contributed by atoms with Crippen molar-refractivity contribution in [3.05, 3.63) is 83.3 Å². The van der Waals surface area contributed by atoms with Crippen LogP contribution in [0.5, 0.6) is 0 Å². The minimum absolute atomic E-state index is 0.125. The van der Waals surface area contributed by atoms with Gasteiger partial charge in [0, 0.05) is 6.21 Å². The molecular weight excluding hydrogens is 376 g/mol. The average Bonchev–Trinajstić information content (AvgIpc) is 3.46. The van der Waals surface area contributed by atoms with Crippen LogP contribution in [-0.4, -0.2) is 6.21 Å². The molecule has 136 valence electrons. The lowest BCUT2D eigenvalue weighted by molar-refractivity contribution is 0.527. The molecular formula is C22H13ClN2O3. The molecule has 6 heteroatoms. The van der Waals surface area contributed by atoms with Crippen molar-refractivity contribution >= 4 is 29.8 Å². The lowest BCUT2D eigenvalue weighted by atomic mass is 10.1. The van der Waals surface area contributed by atoms with Crippen LogP contribution < -0.4 is 0 Å². The third-order valence-corrected chi connectivity index (χ3v) is 4.13. The van der Waals surface area contributed by atoms with E-state index in [1.54, 1.807) is 30.3 Å². The fraction of sp³-hybridized carbons (Fsp3) is 0. The van der Waals surface area contributed by atoms with Gasteiger partial charge in [-0.2, -0.15) is 5.26 Å². The molecule has 0 atom stereocenters. The van der Waals surface area contributed by atoms with Gasteiger partial charge in [-0.05, 0) is 35.9 Å². The Morgan fingerprint density at radius 2 is 1.68 bits per heavy atom. The van der Waals surface area contributed by atoms with Gasteiger partial charge in [-0.15, -0.1) is 0 Å². The second kappa shape index (κ2) is 7.87. The van der Waals surface area contributed by atoms with E-state index in [2.05, 4.69) is 11.1 Å². The Bertz CT molecular complexity index is 1160. The number of aliphatic imine (C=N–C) groups is 1. The monoisotopic (exact) mass is 388 g/mol. The third kappa shape index (κ3) is 3.54. The summed E-state index contributed by atoms with van der Waals surface area (Å²) in [5.41, 5.74) is 1.66. The van der Waals surface area contributed by atoms with Crippen LogP contribution in [0.25, 0.3) is 28.9 Å². The van der Waals surface area contributed by atoms with Crippen molar-refractivity contribution in [3.63, 3.8) is 0 Å². The first-order chi connectivity index (χ1) is 13.8. The van der Waals surface area contributed by atoms with Crippen LogP contribution in [-0.2, 0) is 0 Å². The van der Waals surface area contributed by atoms with E-state index < -0.39 is 0 Å². The molecule has 4 aromatic rings. The molecule has 0 radical (unpaired) electrons. The molecule has 0 aliphatic carbocycles. The van der Waals surface area contributed by atoms with Gasteiger partial charge in [-0.25, -0.2) is 4.99 Å². The van der Waals surface area contributed by atoms with Crippen molar-refractivity contribution in [2.45, 2.75) is 0 Å². The number of benzene rings is 1. The van der Waals surface area contributed by atoms with Crippen molar-refractivity contribution in [1.82, 2.24) is 0 Å². The van der Waals surface area contributed by atoms with Crippen LogP contribution in [0.3, 0.4) is 0 Å². The van der Waals surface area contributed by atoms with Crippen molar-refractivity contribution < 1.29 is 13.3 Å². The minimum atomic E-state index is 0.125. The van der Waals surface area contributed by atoms with Crippen molar-refractivity contribution in [2.24, 2.45) is 4.99 Å². The van der Waals surface area contributed by atoms with E-state index in [4.69, 9.17) is 24.9 Å². The highest BCUT2D eigenvalue weighted by Crippen LogP contribution is 2.42. The van der Waals surface area contributed by atoms with E-state index in [0.717, 1.165) is 5.56 Å². The van der Waals surface area contributed by atoms with E-state index >= 15 is 0 Å². The molecule has 0 amide bonds. The molecule has 5 nitrogen and oxygen atoms in total. The summed E-state index contributed by atoms with van der Waals surface area (Å²) in [5.74, 6) is 1.45. The predicted molar refractivity (Wildman–Crippen MR) is 107 cm³/mol. The number of hydrogen-bond acceptors (Lipinski definition) is 5. The number of nitrogens with zero attached hydrogens (tertiary/aromatic N) is 2. The summed E-state index contributed by atoms with van der Waals surface area (Å²) < 4.78 is 16.8. The molecule has 0 unspecified atom stereocenters. The maximum absolute atomic E-state index is 9.71. The summed E-state index contributed by atoms with van der Waals surface area (Å²) in [7, 11) is 0. The topological polar surface area (TPSA) is 75.6 Å². The molecule has 4 rings (SSSR count). The molecule has 0 aliphatic heterocycles. The summed E-state index contributed by atoms with van der Waals surface area (Å²) in [5, 5.41) is 10.1. The van der Waals surface area contributed by atoms with Gasteiger partial charge in [0.05, 0.1) is 23.1 Å².